The lowest BCUT2D eigenvalue weighted by Gasteiger charge is -2.32. The average molecular weight is 294 g/mol. The molecule has 0 aromatic rings. The lowest BCUT2D eigenvalue weighted by molar-refractivity contribution is -0.350. The topological polar surface area (TPSA) is 77.4 Å². The van der Waals surface area contributed by atoms with Crippen molar-refractivity contribution in [2.75, 3.05) is 39.6 Å². The molecular formula is C12H26O6Si. The van der Waals surface area contributed by atoms with E-state index in [1.165, 1.54) is 0 Å². The van der Waals surface area contributed by atoms with E-state index >= 15 is 0 Å². The Kier molecular flexibility index (Phi) is 11.4. The molecule has 19 heavy (non-hydrogen) atoms. The van der Waals surface area contributed by atoms with Crippen molar-refractivity contribution in [1.82, 2.24) is 0 Å². The fourth-order valence-electron chi connectivity index (χ4n) is 1.45. The van der Waals surface area contributed by atoms with Gasteiger partial charge < -0.3 is 28.8 Å². The molecule has 0 aliphatic rings. The van der Waals surface area contributed by atoms with Gasteiger partial charge >= 0.3 is 0 Å². The predicted molar refractivity (Wildman–Crippen MR) is 74.7 cm³/mol. The van der Waals surface area contributed by atoms with E-state index < -0.39 is 5.97 Å². The zero-order chi connectivity index (χ0) is 14.6. The Morgan fingerprint density at radius 1 is 1.16 bits per heavy atom. The molecule has 0 amide bonds. The number of aliphatic hydroxyl groups is 2. The lowest BCUT2D eigenvalue weighted by Crippen LogP contribution is -2.40. The van der Waals surface area contributed by atoms with Crippen molar-refractivity contribution < 1.29 is 28.8 Å². The smallest absolute Gasteiger partial charge is 0.272 e. The van der Waals surface area contributed by atoms with E-state index in [0.29, 0.717) is 36.5 Å². The van der Waals surface area contributed by atoms with E-state index in [9.17, 15) is 0 Å². The fraction of sp³-hybridized carbons (Fsp3) is 0.833. The molecule has 0 spiro atoms. The van der Waals surface area contributed by atoms with E-state index in [0.717, 1.165) is 5.57 Å². The molecule has 0 aliphatic carbocycles. The summed E-state index contributed by atoms with van der Waals surface area (Å²) in [5.41, 5.74) is 0.971. The fourth-order valence-corrected chi connectivity index (χ4v) is 1.89. The van der Waals surface area contributed by atoms with Gasteiger partial charge in [-0.1, -0.05) is 12.2 Å². The first-order valence-corrected chi connectivity index (χ1v) is 7.18. The van der Waals surface area contributed by atoms with Gasteiger partial charge in [-0.15, -0.1) is 0 Å². The van der Waals surface area contributed by atoms with Gasteiger partial charge in [0.15, 0.2) is 10.5 Å². The van der Waals surface area contributed by atoms with Gasteiger partial charge in [0.2, 0.25) is 0 Å². The van der Waals surface area contributed by atoms with E-state index in [2.05, 4.69) is 6.58 Å². The lowest BCUT2D eigenvalue weighted by atomic mass is 10.3. The Labute approximate surface area is 117 Å². The van der Waals surface area contributed by atoms with Gasteiger partial charge in [-0.2, -0.15) is 0 Å². The Balaban J connectivity index is 4.11. The number of aliphatic hydroxyl groups excluding tert-OH is 2. The molecule has 0 radical (unpaired) electrons. The van der Waals surface area contributed by atoms with Crippen molar-refractivity contribution in [2.45, 2.75) is 25.7 Å². The normalized spacial score (nSPS) is 11.9. The summed E-state index contributed by atoms with van der Waals surface area (Å²) >= 11 is 0. The van der Waals surface area contributed by atoms with Crippen LogP contribution in [0.3, 0.4) is 0 Å². The van der Waals surface area contributed by atoms with E-state index in [1.54, 1.807) is 0 Å². The van der Waals surface area contributed by atoms with Crippen LogP contribution in [0.1, 0.15) is 19.8 Å². The second kappa shape index (κ2) is 11.5. The van der Waals surface area contributed by atoms with Crippen molar-refractivity contribution in [2.24, 2.45) is 0 Å². The summed E-state index contributed by atoms with van der Waals surface area (Å²) in [6.45, 7) is 6.76. The molecule has 0 aliphatic heterocycles. The van der Waals surface area contributed by atoms with Crippen LogP contribution in [0.2, 0.25) is 0 Å². The highest BCUT2D eigenvalue weighted by Crippen LogP contribution is 2.21. The third kappa shape index (κ3) is 9.28. The maximum Gasteiger partial charge on any atom is 0.272 e. The Bertz CT molecular complexity index is 228. The molecule has 0 saturated heterocycles. The highest BCUT2D eigenvalue weighted by molar-refractivity contribution is 5.98. The van der Waals surface area contributed by atoms with Crippen LogP contribution in [0.15, 0.2) is 12.2 Å². The minimum Gasteiger partial charge on any atom is -0.394 e. The summed E-state index contributed by atoms with van der Waals surface area (Å²) < 4.78 is 21.6. The predicted octanol–water partition coefficient (Wildman–Crippen LogP) is -0.672. The molecule has 0 saturated carbocycles. The van der Waals surface area contributed by atoms with Crippen LogP contribution in [0.5, 0.6) is 0 Å². The Morgan fingerprint density at radius 2 is 1.74 bits per heavy atom. The van der Waals surface area contributed by atoms with Gasteiger partial charge in [-0.05, 0) is 13.3 Å². The summed E-state index contributed by atoms with van der Waals surface area (Å²) in [6.07, 6.45) is 1.17. The van der Waals surface area contributed by atoms with Gasteiger partial charge in [-0.3, -0.25) is 0 Å². The van der Waals surface area contributed by atoms with Crippen LogP contribution in [0, 0.1) is 0 Å². The second-order valence-corrected chi connectivity index (χ2v) is 4.55. The first kappa shape index (κ1) is 18.7. The Hall–Kier alpha value is -0.283. The minimum atomic E-state index is -1.18. The molecule has 0 bridgehead atoms. The van der Waals surface area contributed by atoms with Crippen LogP contribution >= 0.6 is 0 Å². The molecule has 0 fully saturated rings. The summed E-state index contributed by atoms with van der Waals surface area (Å²) in [5, 5.41) is 17.6. The maximum absolute atomic E-state index is 8.81. The van der Waals surface area contributed by atoms with Crippen molar-refractivity contribution in [1.29, 1.82) is 0 Å². The van der Waals surface area contributed by atoms with E-state index in [-0.39, 0.29) is 26.4 Å². The zero-order valence-corrected chi connectivity index (χ0v) is 13.9. The van der Waals surface area contributed by atoms with Crippen molar-refractivity contribution in [3.8, 4) is 0 Å². The average Bonchev–Trinajstić information content (AvgIpc) is 2.40. The minimum absolute atomic E-state index is 0.110. The Morgan fingerprint density at radius 3 is 2.16 bits per heavy atom. The highest BCUT2D eigenvalue weighted by atomic mass is 28.2. The van der Waals surface area contributed by atoms with Crippen LogP contribution < -0.4 is 0 Å². The SMILES string of the molecule is C=C(C)COCCCC(O[SiH3])(OCCO)OCCO. The molecule has 0 aromatic carbocycles. The standard InChI is InChI=1S/C12H26O6Si/c1-11(2)10-15-7-3-4-12(18-19,16-8-5-13)17-9-6-14/h13-14H,1,3-10H2,2,19H3. The summed E-state index contributed by atoms with van der Waals surface area (Å²) in [4.78, 5) is 0. The summed E-state index contributed by atoms with van der Waals surface area (Å²) in [5.74, 6) is -1.18. The molecule has 0 aromatic heterocycles. The molecule has 6 nitrogen and oxygen atoms in total. The van der Waals surface area contributed by atoms with Gasteiger partial charge in [0.1, 0.15) is 0 Å². The van der Waals surface area contributed by atoms with Gasteiger partial charge in [-0.25, -0.2) is 0 Å². The van der Waals surface area contributed by atoms with Gasteiger partial charge in [0.05, 0.1) is 33.0 Å². The van der Waals surface area contributed by atoms with E-state index in [1.807, 2.05) is 6.92 Å². The molecule has 0 atom stereocenters. The highest BCUT2D eigenvalue weighted by Gasteiger charge is 2.31. The number of hydrogen-bond acceptors (Lipinski definition) is 6. The number of hydrogen-bond donors (Lipinski definition) is 2. The quantitative estimate of drug-likeness (QED) is 0.203. The van der Waals surface area contributed by atoms with Crippen molar-refractivity contribution in [3.05, 3.63) is 12.2 Å². The van der Waals surface area contributed by atoms with Crippen LogP contribution in [0.4, 0.5) is 0 Å². The molecule has 2 N–H and O–H groups in total. The number of ether oxygens (including phenoxy) is 3. The second-order valence-electron chi connectivity index (χ2n) is 4.14. The first-order valence-electron chi connectivity index (χ1n) is 6.37. The van der Waals surface area contributed by atoms with Crippen LogP contribution in [-0.2, 0) is 18.6 Å². The molecule has 114 valence electrons. The summed E-state index contributed by atoms with van der Waals surface area (Å²) in [7, 11) is 0.428. The van der Waals surface area contributed by atoms with Crippen molar-refractivity contribution in [3.63, 3.8) is 0 Å². The monoisotopic (exact) mass is 294 g/mol. The van der Waals surface area contributed by atoms with Crippen molar-refractivity contribution >= 4 is 10.5 Å². The molecule has 0 unspecified atom stereocenters. The molecule has 7 heteroatoms. The van der Waals surface area contributed by atoms with Gasteiger partial charge in [0.25, 0.3) is 5.97 Å². The maximum atomic E-state index is 8.81. The third-order valence-corrected chi connectivity index (χ3v) is 2.88. The third-order valence-electron chi connectivity index (χ3n) is 2.26. The zero-order valence-electron chi connectivity index (χ0n) is 11.9. The van der Waals surface area contributed by atoms with Crippen LogP contribution in [-0.4, -0.2) is 66.3 Å². The number of rotatable bonds is 13. The largest absolute Gasteiger partial charge is 0.394 e. The van der Waals surface area contributed by atoms with Gasteiger partial charge in [0, 0.05) is 13.0 Å². The molecular weight excluding hydrogens is 268 g/mol. The first-order chi connectivity index (χ1) is 9.10. The molecule has 0 heterocycles. The summed E-state index contributed by atoms with van der Waals surface area (Å²) in [6, 6.07) is 0. The van der Waals surface area contributed by atoms with Crippen LogP contribution in [0.25, 0.3) is 0 Å². The molecule has 0 rings (SSSR count). The van der Waals surface area contributed by atoms with E-state index in [4.69, 9.17) is 28.8 Å².